The number of hydrogen-bond acceptors (Lipinski definition) is 5. The van der Waals surface area contributed by atoms with E-state index in [1.165, 1.54) is 36.6 Å². The van der Waals surface area contributed by atoms with E-state index in [9.17, 15) is 9.59 Å². The molecule has 6 nitrogen and oxygen atoms in total. The van der Waals surface area contributed by atoms with Gasteiger partial charge in [-0.25, -0.2) is 9.78 Å². The predicted molar refractivity (Wildman–Crippen MR) is 74.8 cm³/mol. The number of carboxylic acid groups (broad SMARTS) is 1. The number of hydrogen-bond donors (Lipinski definition) is 2. The van der Waals surface area contributed by atoms with Gasteiger partial charge in [-0.1, -0.05) is 0 Å². The molecule has 1 aromatic heterocycles. The van der Waals surface area contributed by atoms with Gasteiger partial charge in [0.2, 0.25) is 0 Å². The zero-order chi connectivity index (χ0) is 14.7. The van der Waals surface area contributed by atoms with Crippen molar-refractivity contribution in [1.82, 2.24) is 4.98 Å². The zero-order valence-electron chi connectivity index (χ0n) is 10.8. The number of thiazole rings is 1. The number of benzene rings is 1. The Balaban J connectivity index is 2.22. The summed E-state index contributed by atoms with van der Waals surface area (Å²) in [5, 5.41) is 14.1. The van der Waals surface area contributed by atoms with Crippen molar-refractivity contribution in [2.45, 2.75) is 6.92 Å². The van der Waals surface area contributed by atoms with Crippen LogP contribution in [0.1, 0.15) is 25.9 Å². The van der Waals surface area contributed by atoms with E-state index in [2.05, 4.69) is 10.3 Å². The molecule has 2 aromatic rings. The standard InChI is InChI=1S/C13H12N2O4S/c1-7-14-10(6-20-7)12(16)15-8-3-4-9(13(17)18)11(5-8)19-2/h3-6H,1-2H3,(H,15,16)(H,17,18). The van der Waals surface area contributed by atoms with Gasteiger partial charge in [0.25, 0.3) is 5.91 Å². The molecule has 1 amide bonds. The summed E-state index contributed by atoms with van der Waals surface area (Å²) in [7, 11) is 1.37. The average molecular weight is 292 g/mol. The van der Waals surface area contributed by atoms with Crippen molar-refractivity contribution < 1.29 is 19.4 Å². The van der Waals surface area contributed by atoms with Gasteiger partial charge in [0.15, 0.2) is 0 Å². The molecule has 2 N–H and O–H groups in total. The van der Waals surface area contributed by atoms with Gasteiger partial charge in [-0.3, -0.25) is 4.79 Å². The highest BCUT2D eigenvalue weighted by atomic mass is 32.1. The lowest BCUT2D eigenvalue weighted by Gasteiger charge is -2.08. The van der Waals surface area contributed by atoms with Crippen molar-refractivity contribution in [2.75, 3.05) is 12.4 Å². The second-order valence-electron chi connectivity index (χ2n) is 3.93. The van der Waals surface area contributed by atoms with Crippen molar-refractivity contribution in [1.29, 1.82) is 0 Å². The highest BCUT2D eigenvalue weighted by Gasteiger charge is 2.14. The summed E-state index contributed by atoms with van der Waals surface area (Å²) in [5.41, 5.74) is 0.811. The number of carbonyl (C=O) groups is 2. The van der Waals surface area contributed by atoms with E-state index in [1.807, 2.05) is 6.92 Å². The zero-order valence-corrected chi connectivity index (χ0v) is 11.7. The van der Waals surface area contributed by atoms with Crippen LogP contribution in [0.5, 0.6) is 5.75 Å². The molecule has 0 aliphatic rings. The number of amides is 1. The lowest BCUT2D eigenvalue weighted by atomic mass is 10.2. The molecule has 1 heterocycles. The average Bonchev–Trinajstić information content (AvgIpc) is 2.85. The first kappa shape index (κ1) is 14.0. The van der Waals surface area contributed by atoms with E-state index in [-0.39, 0.29) is 17.2 Å². The number of ether oxygens (including phenoxy) is 1. The van der Waals surface area contributed by atoms with Gasteiger partial charge >= 0.3 is 5.97 Å². The molecule has 0 aliphatic carbocycles. The molecule has 0 unspecified atom stereocenters. The molecule has 0 fully saturated rings. The molecule has 2 rings (SSSR count). The fourth-order valence-corrected chi connectivity index (χ4v) is 2.20. The number of carbonyl (C=O) groups excluding carboxylic acids is 1. The maximum absolute atomic E-state index is 11.9. The van der Waals surface area contributed by atoms with Crippen LogP contribution in [0.2, 0.25) is 0 Å². The lowest BCUT2D eigenvalue weighted by molar-refractivity contribution is 0.0693. The molecule has 7 heteroatoms. The molecule has 0 saturated carbocycles. The molecule has 0 atom stereocenters. The molecular formula is C13H12N2O4S. The summed E-state index contributed by atoms with van der Waals surface area (Å²) in [6.07, 6.45) is 0. The van der Waals surface area contributed by atoms with Crippen LogP contribution in [0.3, 0.4) is 0 Å². The third kappa shape index (κ3) is 2.94. The summed E-state index contributed by atoms with van der Waals surface area (Å²) in [6.45, 7) is 1.81. The predicted octanol–water partition coefficient (Wildman–Crippen LogP) is 2.41. The Kier molecular flexibility index (Phi) is 3.99. The monoisotopic (exact) mass is 292 g/mol. The van der Waals surface area contributed by atoms with E-state index >= 15 is 0 Å². The molecule has 20 heavy (non-hydrogen) atoms. The van der Waals surface area contributed by atoms with E-state index in [0.29, 0.717) is 11.4 Å². The maximum Gasteiger partial charge on any atom is 0.339 e. The number of aryl methyl sites for hydroxylation is 1. The van der Waals surface area contributed by atoms with Crippen LogP contribution in [0.25, 0.3) is 0 Å². The van der Waals surface area contributed by atoms with Crippen molar-refractivity contribution >= 4 is 28.9 Å². The number of nitrogens with one attached hydrogen (secondary N) is 1. The Morgan fingerprint density at radius 3 is 2.70 bits per heavy atom. The van der Waals surface area contributed by atoms with Crippen LogP contribution in [0, 0.1) is 6.92 Å². The molecule has 0 spiro atoms. The quantitative estimate of drug-likeness (QED) is 0.903. The van der Waals surface area contributed by atoms with E-state index in [0.717, 1.165) is 5.01 Å². The third-order valence-corrected chi connectivity index (χ3v) is 3.31. The topological polar surface area (TPSA) is 88.5 Å². The summed E-state index contributed by atoms with van der Waals surface area (Å²) in [4.78, 5) is 27.0. The number of carboxylic acids is 1. The fraction of sp³-hybridized carbons (Fsp3) is 0.154. The minimum Gasteiger partial charge on any atom is -0.496 e. The number of rotatable bonds is 4. The first-order chi connectivity index (χ1) is 9.51. The van der Waals surface area contributed by atoms with Crippen LogP contribution in [-0.4, -0.2) is 29.1 Å². The first-order valence-electron chi connectivity index (χ1n) is 5.66. The minimum absolute atomic E-state index is 0.0370. The minimum atomic E-state index is -1.09. The summed E-state index contributed by atoms with van der Waals surface area (Å²) in [6, 6.07) is 4.34. The van der Waals surface area contributed by atoms with E-state index in [1.54, 1.807) is 5.38 Å². The van der Waals surface area contributed by atoms with Gasteiger partial charge in [-0.2, -0.15) is 0 Å². The molecule has 0 saturated heterocycles. The highest BCUT2D eigenvalue weighted by Crippen LogP contribution is 2.23. The van der Waals surface area contributed by atoms with Gasteiger partial charge in [0, 0.05) is 17.1 Å². The van der Waals surface area contributed by atoms with Gasteiger partial charge in [0.1, 0.15) is 17.0 Å². The van der Waals surface area contributed by atoms with E-state index < -0.39 is 5.97 Å². The number of aromatic carboxylic acids is 1. The summed E-state index contributed by atoms with van der Waals surface area (Å²) >= 11 is 1.38. The molecule has 0 bridgehead atoms. The van der Waals surface area contributed by atoms with Crippen LogP contribution in [0.4, 0.5) is 5.69 Å². The normalized spacial score (nSPS) is 10.1. The number of anilines is 1. The van der Waals surface area contributed by atoms with E-state index in [4.69, 9.17) is 9.84 Å². The largest absolute Gasteiger partial charge is 0.496 e. The Labute approximate surface area is 119 Å². The Morgan fingerprint density at radius 2 is 2.15 bits per heavy atom. The number of nitrogens with zero attached hydrogens (tertiary/aromatic N) is 1. The van der Waals surface area contributed by atoms with Gasteiger partial charge in [0.05, 0.1) is 12.1 Å². The smallest absolute Gasteiger partial charge is 0.339 e. The summed E-state index contributed by atoms with van der Waals surface area (Å²) < 4.78 is 4.99. The highest BCUT2D eigenvalue weighted by molar-refractivity contribution is 7.09. The van der Waals surface area contributed by atoms with Gasteiger partial charge in [-0.15, -0.1) is 11.3 Å². The van der Waals surface area contributed by atoms with Crippen LogP contribution in [-0.2, 0) is 0 Å². The van der Waals surface area contributed by atoms with Gasteiger partial charge < -0.3 is 15.2 Å². The van der Waals surface area contributed by atoms with Crippen LogP contribution < -0.4 is 10.1 Å². The molecule has 0 radical (unpaired) electrons. The second-order valence-corrected chi connectivity index (χ2v) is 4.99. The summed E-state index contributed by atoms with van der Waals surface area (Å²) in [5.74, 6) is -1.25. The third-order valence-electron chi connectivity index (χ3n) is 2.54. The fourth-order valence-electron chi connectivity index (χ4n) is 1.61. The van der Waals surface area contributed by atoms with Gasteiger partial charge in [-0.05, 0) is 19.1 Å². The Hall–Kier alpha value is -2.41. The molecule has 0 aliphatic heterocycles. The van der Waals surface area contributed by atoms with Crippen LogP contribution >= 0.6 is 11.3 Å². The Bertz CT molecular complexity index is 666. The second kappa shape index (κ2) is 5.70. The number of aromatic nitrogens is 1. The Morgan fingerprint density at radius 1 is 1.40 bits per heavy atom. The SMILES string of the molecule is COc1cc(NC(=O)c2csc(C)n2)ccc1C(=O)O. The lowest BCUT2D eigenvalue weighted by Crippen LogP contribution is -2.12. The van der Waals surface area contributed by atoms with Crippen molar-refractivity contribution in [2.24, 2.45) is 0 Å². The molecule has 104 valence electrons. The van der Waals surface area contributed by atoms with Crippen molar-refractivity contribution in [3.8, 4) is 5.75 Å². The van der Waals surface area contributed by atoms with Crippen molar-refractivity contribution in [3.63, 3.8) is 0 Å². The molecule has 1 aromatic carbocycles. The van der Waals surface area contributed by atoms with Crippen LogP contribution in [0.15, 0.2) is 23.6 Å². The molecular weight excluding hydrogens is 280 g/mol. The first-order valence-corrected chi connectivity index (χ1v) is 6.54. The van der Waals surface area contributed by atoms with Crippen molar-refractivity contribution in [3.05, 3.63) is 39.8 Å². The number of methoxy groups -OCH3 is 1. The maximum atomic E-state index is 11.9.